The van der Waals surface area contributed by atoms with E-state index in [4.69, 9.17) is 10.5 Å². The number of nitrogens with two attached hydrogens (primary N) is 1. The van der Waals surface area contributed by atoms with E-state index in [0.29, 0.717) is 17.5 Å². The van der Waals surface area contributed by atoms with Crippen LogP contribution in [-0.4, -0.2) is 42.5 Å². The Balaban J connectivity index is 2.04. The van der Waals surface area contributed by atoms with Crippen molar-refractivity contribution >= 4 is 5.91 Å². The molecule has 2 unspecified atom stereocenters. The van der Waals surface area contributed by atoms with Crippen molar-refractivity contribution in [3.05, 3.63) is 29.6 Å². The second-order valence-corrected chi connectivity index (χ2v) is 6.47. The Kier molecular flexibility index (Phi) is 4.19. The van der Waals surface area contributed by atoms with Crippen LogP contribution in [0.3, 0.4) is 0 Å². The molecule has 2 atom stereocenters. The zero-order valence-electron chi connectivity index (χ0n) is 13.4. The lowest BCUT2D eigenvalue weighted by atomic mass is 9.62. The van der Waals surface area contributed by atoms with Crippen molar-refractivity contribution in [2.45, 2.75) is 31.8 Å². The highest BCUT2D eigenvalue weighted by Gasteiger charge is 2.53. The molecule has 1 aliphatic carbocycles. The van der Waals surface area contributed by atoms with E-state index in [9.17, 15) is 4.79 Å². The lowest BCUT2D eigenvalue weighted by Gasteiger charge is -2.55. The minimum absolute atomic E-state index is 0.308. The molecular weight excluding hydrogens is 278 g/mol. The number of carbonyl (C=O) groups is 1. The molecule has 1 aromatic heterocycles. The van der Waals surface area contributed by atoms with E-state index < -0.39 is 5.91 Å². The van der Waals surface area contributed by atoms with Gasteiger partial charge in [-0.25, -0.2) is 0 Å². The maximum atomic E-state index is 11.5. The van der Waals surface area contributed by atoms with E-state index >= 15 is 0 Å². The summed E-state index contributed by atoms with van der Waals surface area (Å²) in [6.45, 7) is 5.40. The van der Waals surface area contributed by atoms with E-state index in [1.807, 2.05) is 12.1 Å². The third-order valence-corrected chi connectivity index (χ3v) is 5.52. The summed E-state index contributed by atoms with van der Waals surface area (Å²) in [4.78, 5) is 18.1. The minimum Gasteiger partial charge on any atom is -0.373 e. The number of primary amides is 1. The summed E-state index contributed by atoms with van der Waals surface area (Å²) in [6.07, 6.45) is 5.26. The molecule has 2 heterocycles. The minimum atomic E-state index is -0.482. The van der Waals surface area contributed by atoms with Crippen molar-refractivity contribution < 1.29 is 9.53 Å². The van der Waals surface area contributed by atoms with Crippen LogP contribution in [0.25, 0.3) is 0 Å². The molecule has 1 amide bonds. The molecule has 5 nitrogen and oxygen atoms in total. The van der Waals surface area contributed by atoms with Crippen LogP contribution in [-0.2, 0) is 10.3 Å². The van der Waals surface area contributed by atoms with Gasteiger partial charge in [-0.1, -0.05) is 13.3 Å². The van der Waals surface area contributed by atoms with Gasteiger partial charge in [0.15, 0.2) is 0 Å². The third-order valence-electron chi connectivity index (χ3n) is 5.52. The average Bonchev–Trinajstić information content (AvgIpc) is 2.53. The fourth-order valence-corrected chi connectivity index (χ4v) is 4.51. The van der Waals surface area contributed by atoms with Crippen molar-refractivity contribution in [1.82, 2.24) is 9.88 Å². The average molecular weight is 303 g/mol. The Morgan fingerprint density at radius 2 is 2.14 bits per heavy atom. The van der Waals surface area contributed by atoms with Crippen molar-refractivity contribution in [2.75, 3.05) is 26.7 Å². The number of ether oxygens (including phenoxy) is 1. The van der Waals surface area contributed by atoms with Gasteiger partial charge in [0.1, 0.15) is 11.3 Å². The summed E-state index contributed by atoms with van der Waals surface area (Å²) in [6, 6.07) is 3.82. The van der Waals surface area contributed by atoms with Crippen LogP contribution in [0.4, 0.5) is 0 Å². The Morgan fingerprint density at radius 1 is 1.45 bits per heavy atom. The standard InChI is InChI=1S/C17H25N3O2/c1-3-20-10-13-5-4-6-14(11-20)17(13,22-2)12-7-8-19-15(9-12)16(18)21/h7-9,13-14H,3-6,10-11H2,1-2H3,(H2,18,21). The van der Waals surface area contributed by atoms with Crippen LogP contribution in [0.1, 0.15) is 42.2 Å². The Labute approximate surface area is 131 Å². The third kappa shape index (κ3) is 2.32. The first-order valence-electron chi connectivity index (χ1n) is 8.15. The van der Waals surface area contributed by atoms with Gasteiger partial charge in [0.25, 0.3) is 5.91 Å². The molecule has 3 rings (SSSR count). The largest absolute Gasteiger partial charge is 0.373 e. The Bertz CT molecular complexity index is 547. The van der Waals surface area contributed by atoms with Gasteiger partial charge in [0.2, 0.25) is 0 Å². The quantitative estimate of drug-likeness (QED) is 0.920. The number of hydrogen-bond donors (Lipinski definition) is 1. The van der Waals surface area contributed by atoms with Crippen LogP contribution in [0.5, 0.6) is 0 Å². The molecule has 120 valence electrons. The number of piperidine rings is 1. The highest BCUT2D eigenvalue weighted by atomic mass is 16.5. The Morgan fingerprint density at radius 3 is 2.68 bits per heavy atom. The Hall–Kier alpha value is -1.46. The summed E-state index contributed by atoms with van der Waals surface area (Å²) in [7, 11) is 1.80. The predicted molar refractivity (Wildman–Crippen MR) is 84.4 cm³/mol. The zero-order chi connectivity index (χ0) is 15.7. The molecule has 2 bridgehead atoms. The second kappa shape index (κ2) is 5.97. The molecule has 0 spiro atoms. The van der Waals surface area contributed by atoms with E-state index in [0.717, 1.165) is 38.0 Å². The van der Waals surface area contributed by atoms with Gasteiger partial charge in [0, 0.05) is 38.2 Å². The monoisotopic (exact) mass is 303 g/mol. The van der Waals surface area contributed by atoms with Crippen LogP contribution >= 0.6 is 0 Å². The van der Waals surface area contributed by atoms with Gasteiger partial charge in [-0.3, -0.25) is 9.78 Å². The molecule has 5 heteroatoms. The highest BCUT2D eigenvalue weighted by molar-refractivity contribution is 5.90. The number of likely N-dealkylation sites (tertiary alicyclic amines) is 1. The molecule has 22 heavy (non-hydrogen) atoms. The van der Waals surface area contributed by atoms with Crippen LogP contribution in [0.15, 0.2) is 18.3 Å². The van der Waals surface area contributed by atoms with Gasteiger partial charge in [-0.15, -0.1) is 0 Å². The predicted octanol–water partition coefficient (Wildman–Crippen LogP) is 1.77. The number of methoxy groups -OCH3 is 1. The van der Waals surface area contributed by atoms with E-state index in [1.54, 1.807) is 13.3 Å². The first-order valence-corrected chi connectivity index (χ1v) is 8.15. The number of rotatable bonds is 4. The fourth-order valence-electron chi connectivity index (χ4n) is 4.51. The lowest BCUT2D eigenvalue weighted by molar-refractivity contribution is -0.168. The number of carbonyl (C=O) groups excluding carboxylic acids is 1. The van der Waals surface area contributed by atoms with Gasteiger partial charge in [-0.2, -0.15) is 0 Å². The van der Waals surface area contributed by atoms with Crippen molar-refractivity contribution in [3.63, 3.8) is 0 Å². The number of nitrogens with zero attached hydrogens (tertiary/aromatic N) is 2. The summed E-state index contributed by atoms with van der Waals surface area (Å²) >= 11 is 0. The molecule has 2 aliphatic rings. The van der Waals surface area contributed by atoms with Crippen LogP contribution in [0, 0.1) is 11.8 Å². The summed E-state index contributed by atoms with van der Waals surface area (Å²) in [5.74, 6) is 0.422. The first-order chi connectivity index (χ1) is 10.6. The maximum absolute atomic E-state index is 11.5. The number of amides is 1. The molecule has 0 radical (unpaired) electrons. The van der Waals surface area contributed by atoms with Gasteiger partial charge >= 0.3 is 0 Å². The number of hydrogen-bond acceptors (Lipinski definition) is 4. The number of aromatic nitrogens is 1. The summed E-state index contributed by atoms with van der Waals surface area (Å²) in [5.41, 5.74) is 6.48. The summed E-state index contributed by atoms with van der Waals surface area (Å²) in [5, 5.41) is 0. The molecule has 2 N–H and O–H groups in total. The molecular formula is C17H25N3O2. The molecule has 1 saturated heterocycles. The molecule has 2 fully saturated rings. The fraction of sp³-hybridized carbons (Fsp3) is 0.647. The number of pyridine rings is 1. The molecule has 1 saturated carbocycles. The van der Waals surface area contributed by atoms with Crippen molar-refractivity contribution in [2.24, 2.45) is 17.6 Å². The maximum Gasteiger partial charge on any atom is 0.267 e. The molecule has 1 aromatic rings. The van der Waals surface area contributed by atoms with Gasteiger partial charge < -0.3 is 15.4 Å². The topological polar surface area (TPSA) is 68.4 Å². The highest BCUT2D eigenvalue weighted by Crippen LogP contribution is 2.51. The molecule has 0 aromatic carbocycles. The molecule has 1 aliphatic heterocycles. The number of fused-ring (bicyclic) bond motifs is 2. The van der Waals surface area contributed by atoms with Gasteiger partial charge in [-0.05, 0) is 37.1 Å². The van der Waals surface area contributed by atoms with Crippen LogP contribution in [0.2, 0.25) is 0 Å². The SMILES string of the molecule is CCN1CC2CCCC(C1)C2(OC)c1ccnc(C(N)=O)c1. The van der Waals surface area contributed by atoms with Crippen molar-refractivity contribution in [1.29, 1.82) is 0 Å². The van der Waals surface area contributed by atoms with E-state index in [-0.39, 0.29) is 5.60 Å². The first kappa shape index (κ1) is 15.4. The van der Waals surface area contributed by atoms with Crippen LogP contribution < -0.4 is 5.73 Å². The van der Waals surface area contributed by atoms with E-state index in [2.05, 4.69) is 16.8 Å². The zero-order valence-corrected chi connectivity index (χ0v) is 13.4. The normalized spacial score (nSPS) is 31.9. The summed E-state index contributed by atoms with van der Waals surface area (Å²) < 4.78 is 6.15. The van der Waals surface area contributed by atoms with Gasteiger partial charge in [0.05, 0.1) is 0 Å². The van der Waals surface area contributed by atoms with E-state index in [1.165, 1.54) is 6.42 Å². The lowest BCUT2D eigenvalue weighted by Crippen LogP contribution is -2.59. The smallest absolute Gasteiger partial charge is 0.267 e. The second-order valence-electron chi connectivity index (χ2n) is 6.47. The van der Waals surface area contributed by atoms with Crippen molar-refractivity contribution in [3.8, 4) is 0 Å².